The van der Waals surface area contributed by atoms with Gasteiger partial charge in [-0.25, -0.2) is 8.42 Å². The van der Waals surface area contributed by atoms with Crippen LogP contribution >= 0.6 is 0 Å². The summed E-state index contributed by atoms with van der Waals surface area (Å²) in [5, 5.41) is 9.89. The maximum absolute atomic E-state index is 11.9. The number of rotatable bonds is 4. The van der Waals surface area contributed by atoms with E-state index in [4.69, 9.17) is 5.73 Å². The third-order valence-electron chi connectivity index (χ3n) is 4.46. The van der Waals surface area contributed by atoms with Crippen LogP contribution in [0.5, 0.6) is 0 Å². The Balaban J connectivity index is 2.10. The smallest absolute Gasteiger partial charge is 0.156 e. The molecule has 0 aromatic carbocycles. The van der Waals surface area contributed by atoms with Crippen molar-refractivity contribution in [3.63, 3.8) is 0 Å². The molecular formula is C12H23NO3S. The molecule has 3 N–H and O–H groups in total. The van der Waals surface area contributed by atoms with Crippen molar-refractivity contribution in [3.8, 4) is 0 Å². The van der Waals surface area contributed by atoms with E-state index in [0.29, 0.717) is 25.7 Å². The highest BCUT2D eigenvalue weighted by Gasteiger charge is 2.54. The minimum atomic E-state index is -2.97. The fourth-order valence-corrected chi connectivity index (χ4v) is 5.79. The van der Waals surface area contributed by atoms with E-state index in [1.165, 1.54) is 0 Å². The van der Waals surface area contributed by atoms with E-state index in [0.717, 1.165) is 19.3 Å². The first-order valence-corrected chi connectivity index (χ1v) is 8.22. The number of hydrogen-bond donors (Lipinski definition) is 2. The largest absolute Gasteiger partial charge is 0.388 e. The maximum Gasteiger partial charge on any atom is 0.156 e. The second-order valence-corrected chi connectivity index (χ2v) is 8.18. The van der Waals surface area contributed by atoms with Gasteiger partial charge in [-0.2, -0.15) is 0 Å². The predicted molar refractivity (Wildman–Crippen MR) is 67.4 cm³/mol. The third kappa shape index (κ3) is 2.25. The molecule has 2 rings (SSSR count). The van der Waals surface area contributed by atoms with E-state index >= 15 is 0 Å². The first-order chi connectivity index (χ1) is 7.90. The van der Waals surface area contributed by atoms with Crippen LogP contribution in [0, 0.1) is 0 Å². The molecule has 2 bridgehead atoms. The number of unbranched alkanes of at least 4 members (excludes halogenated alkanes) is 1. The number of fused-ring (bicyclic) bond motifs is 2. The van der Waals surface area contributed by atoms with Crippen molar-refractivity contribution >= 4 is 9.84 Å². The van der Waals surface area contributed by atoms with Crippen LogP contribution in [0.3, 0.4) is 0 Å². The van der Waals surface area contributed by atoms with Crippen LogP contribution in [0.1, 0.15) is 51.9 Å². The number of hydrogen-bond acceptors (Lipinski definition) is 4. The third-order valence-corrected chi connectivity index (χ3v) is 7.12. The molecule has 0 amide bonds. The van der Waals surface area contributed by atoms with Crippen molar-refractivity contribution in [1.29, 1.82) is 0 Å². The highest BCUT2D eigenvalue weighted by molar-refractivity contribution is 7.93. The van der Waals surface area contributed by atoms with Gasteiger partial charge in [0.1, 0.15) is 0 Å². The molecule has 2 aliphatic rings. The molecule has 0 spiro atoms. The van der Waals surface area contributed by atoms with Gasteiger partial charge in [0.25, 0.3) is 0 Å². The second kappa shape index (κ2) is 4.52. The number of nitrogens with two attached hydrogens (primary N) is 1. The average molecular weight is 261 g/mol. The van der Waals surface area contributed by atoms with Gasteiger partial charge in [-0.05, 0) is 32.1 Å². The Morgan fingerprint density at radius 2 is 1.88 bits per heavy atom. The zero-order chi connectivity index (χ0) is 12.7. The summed E-state index contributed by atoms with van der Waals surface area (Å²) in [5.41, 5.74) is 5.11. The average Bonchev–Trinajstić information content (AvgIpc) is 2.47. The molecule has 0 aliphatic carbocycles. The van der Waals surface area contributed by atoms with Crippen LogP contribution in [0.25, 0.3) is 0 Å². The Labute approximate surface area is 104 Å². The molecule has 2 heterocycles. The van der Waals surface area contributed by atoms with Crippen molar-refractivity contribution in [2.45, 2.75) is 74.0 Å². The van der Waals surface area contributed by atoms with Crippen LogP contribution in [-0.2, 0) is 9.84 Å². The van der Waals surface area contributed by atoms with E-state index in [1.54, 1.807) is 0 Å². The van der Waals surface area contributed by atoms with E-state index in [2.05, 4.69) is 6.92 Å². The first kappa shape index (κ1) is 13.3. The van der Waals surface area contributed by atoms with Crippen molar-refractivity contribution in [3.05, 3.63) is 0 Å². The topological polar surface area (TPSA) is 80.4 Å². The summed E-state index contributed by atoms with van der Waals surface area (Å²) in [4.78, 5) is 0. The Morgan fingerprint density at radius 3 is 2.35 bits per heavy atom. The summed E-state index contributed by atoms with van der Waals surface area (Å²) in [6.45, 7) is 2.09. The molecule has 2 fully saturated rings. The van der Waals surface area contributed by atoms with Crippen LogP contribution in [0.4, 0.5) is 0 Å². The Morgan fingerprint density at radius 1 is 1.35 bits per heavy atom. The van der Waals surface area contributed by atoms with Gasteiger partial charge in [-0.1, -0.05) is 19.8 Å². The van der Waals surface area contributed by atoms with Crippen molar-refractivity contribution in [1.82, 2.24) is 0 Å². The quantitative estimate of drug-likeness (QED) is 0.790. The Hall–Kier alpha value is -0.130. The molecule has 100 valence electrons. The highest BCUT2D eigenvalue weighted by Crippen LogP contribution is 2.44. The summed E-state index contributed by atoms with van der Waals surface area (Å²) >= 11 is 0. The SMILES string of the molecule is CCCCC(N)C1(O)CC2CCC(C1)S2(=O)=O. The predicted octanol–water partition coefficient (Wildman–Crippen LogP) is 0.975. The molecule has 3 atom stereocenters. The molecule has 0 aromatic heterocycles. The zero-order valence-corrected chi connectivity index (χ0v) is 11.2. The molecule has 3 unspecified atom stereocenters. The fourth-order valence-electron chi connectivity index (χ4n) is 3.28. The van der Waals surface area contributed by atoms with E-state index < -0.39 is 15.4 Å². The summed E-state index contributed by atoms with van der Waals surface area (Å²) in [7, 11) is -2.97. The van der Waals surface area contributed by atoms with Gasteiger partial charge in [-0.3, -0.25) is 0 Å². The maximum atomic E-state index is 11.9. The van der Waals surface area contributed by atoms with Crippen LogP contribution < -0.4 is 5.73 Å². The second-order valence-electron chi connectivity index (χ2n) is 5.67. The van der Waals surface area contributed by atoms with Gasteiger partial charge >= 0.3 is 0 Å². The van der Waals surface area contributed by atoms with Gasteiger partial charge in [0.05, 0.1) is 16.1 Å². The molecule has 2 saturated heterocycles. The highest BCUT2D eigenvalue weighted by atomic mass is 32.2. The summed E-state index contributed by atoms with van der Waals surface area (Å²) in [5.74, 6) is 0. The lowest BCUT2D eigenvalue weighted by atomic mass is 9.84. The van der Waals surface area contributed by atoms with Crippen LogP contribution in [-0.4, -0.2) is 35.7 Å². The van der Waals surface area contributed by atoms with E-state index in [9.17, 15) is 13.5 Å². The van der Waals surface area contributed by atoms with Crippen molar-refractivity contribution in [2.75, 3.05) is 0 Å². The standard InChI is InChI=1S/C12H23NO3S/c1-2-3-4-11(13)12(14)7-9-5-6-10(8-12)17(9,15)16/h9-11,14H,2-8,13H2,1H3. The molecule has 0 radical (unpaired) electrons. The molecule has 0 aromatic rings. The van der Waals surface area contributed by atoms with Crippen LogP contribution in [0.2, 0.25) is 0 Å². The van der Waals surface area contributed by atoms with E-state index in [-0.39, 0.29) is 16.5 Å². The lowest BCUT2D eigenvalue weighted by Crippen LogP contribution is -2.55. The molecule has 5 heteroatoms. The lowest BCUT2D eigenvalue weighted by molar-refractivity contribution is -0.00621. The minimum absolute atomic E-state index is 0.277. The first-order valence-electron chi connectivity index (χ1n) is 6.61. The summed E-state index contributed by atoms with van der Waals surface area (Å²) < 4.78 is 23.9. The summed E-state index contributed by atoms with van der Waals surface area (Å²) in [6.07, 6.45) is 4.92. The van der Waals surface area contributed by atoms with Gasteiger partial charge in [0, 0.05) is 6.04 Å². The van der Waals surface area contributed by atoms with Crippen molar-refractivity contribution in [2.24, 2.45) is 5.73 Å². The van der Waals surface area contributed by atoms with Gasteiger partial charge < -0.3 is 10.8 Å². The van der Waals surface area contributed by atoms with Gasteiger partial charge in [0.15, 0.2) is 9.84 Å². The molecular weight excluding hydrogens is 238 g/mol. The number of aliphatic hydroxyl groups is 1. The van der Waals surface area contributed by atoms with Crippen molar-refractivity contribution < 1.29 is 13.5 Å². The Kier molecular flexibility index (Phi) is 3.54. The summed E-state index contributed by atoms with van der Waals surface area (Å²) in [6, 6.07) is -0.277. The van der Waals surface area contributed by atoms with Gasteiger partial charge in [0.2, 0.25) is 0 Å². The monoisotopic (exact) mass is 261 g/mol. The van der Waals surface area contributed by atoms with E-state index in [1.807, 2.05) is 0 Å². The molecule has 0 saturated carbocycles. The minimum Gasteiger partial charge on any atom is -0.388 e. The number of sulfone groups is 1. The fraction of sp³-hybridized carbons (Fsp3) is 1.00. The lowest BCUT2D eigenvalue weighted by Gasteiger charge is -2.40. The zero-order valence-electron chi connectivity index (χ0n) is 10.4. The van der Waals surface area contributed by atoms with Crippen LogP contribution in [0.15, 0.2) is 0 Å². The molecule has 4 nitrogen and oxygen atoms in total. The molecule has 17 heavy (non-hydrogen) atoms. The Bertz CT molecular complexity index is 359. The molecule has 2 aliphatic heterocycles. The normalized spacial score (nSPS) is 41.4. The van der Waals surface area contributed by atoms with Gasteiger partial charge in [-0.15, -0.1) is 0 Å².